The lowest BCUT2D eigenvalue weighted by atomic mass is 9.87. The van der Waals surface area contributed by atoms with Gasteiger partial charge in [0.25, 0.3) is 0 Å². The topological polar surface area (TPSA) is 13.1 Å². The minimum atomic E-state index is 0.757. The van der Waals surface area contributed by atoms with Gasteiger partial charge in [0.1, 0.15) is 11.5 Å². The lowest BCUT2D eigenvalue weighted by Gasteiger charge is -2.18. The molecule has 3 rings (SSSR count). The van der Waals surface area contributed by atoms with E-state index in [4.69, 9.17) is 4.42 Å². The van der Waals surface area contributed by atoms with Crippen molar-refractivity contribution in [1.82, 2.24) is 0 Å². The van der Waals surface area contributed by atoms with Gasteiger partial charge in [-0.1, -0.05) is 6.42 Å². The zero-order valence-electron chi connectivity index (χ0n) is 8.12. The molecule has 1 heteroatoms. The Kier molecular flexibility index (Phi) is 1.55. The molecule has 2 aliphatic rings. The summed E-state index contributed by atoms with van der Waals surface area (Å²) in [5.74, 6) is 5.03. The standard InChI is InChI=1S/C12H16O/c1-8-2-5-12(13-8)11-7-9-3-4-10(11)6-9/h2,5,9-11H,3-4,6-7H2,1H3. The molecule has 2 bridgehead atoms. The van der Waals surface area contributed by atoms with Crippen molar-refractivity contribution in [3.05, 3.63) is 23.7 Å². The lowest BCUT2D eigenvalue weighted by molar-refractivity contribution is 0.350. The van der Waals surface area contributed by atoms with Crippen molar-refractivity contribution in [3.63, 3.8) is 0 Å². The highest BCUT2D eigenvalue weighted by atomic mass is 16.3. The van der Waals surface area contributed by atoms with Gasteiger partial charge >= 0.3 is 0 Å². The van der Waals surface area contributed by atoms with E-state index in [1.807, 2.05) is 6.92 Å². The molecule has 1 heterocycles. The Morgan fingerprint density at radius 2 is 2.15 bits per heavy atom. The Labute approximate surface area is 79.1 Å². The van der Waals surface area contributed by atoms with Gasteiger partial charge in [-0.3, -0.25) is 0 Å². The van der Waals surface area contributed by atoms with Crippen molar-refractivity contribution in [2.75, 3.05) is 0 Å². The van der Waals surface area contributed by atoms with Crippen LogP contribution in [0, 0.1) is 18.8 Å². The highest BCUT2D eigenvalue weighted by Gasteiger charge is 2.41. The van der Waals surface area contributed by atoms with Crippen molar-refractivity contribution < 1.29 is 4.42 Å². The Balaban J connectivity index is 1.87. The van der Waals surface area contributed by atoms with Gasteiger partial charge in [0, 0.05) is 5.92 Å². The molecule has 2 aliphatic carbocycles. The molecule has 1 aromatic rings. The van der Waals surface area contributed by atoms with E-state index in [-0.39, 0.29) is 0 Å². The van der Waals surface area contributed by atoms with E-state index >= 15 is 0 Å². The molecular weight excluding hydrogens is 160 g/mol. The summed E-state index contributed by atoms with van der Waals surface area (Å²) in [5.41, 5.74) is 0. The van der Waals surface area contributed by atoms with E-state index in [9.17, 15) is 0 Å². The van der Waals surface area contributed by atoms with Crippen LogP contribution in [0.5, 0.6) is 0 Å². The second kappa shape index (κ2) is 2.63. The zero-order valence-corrected chi connectivity index (χ0v) is 8.12. The second-order valence-electron chi connectivity index (χ2n) is 4.73. The van der Waals surface area contributed by atoms with Crippen LogP contribution in [-0.4, -0.2) is 0 Å². The molecule has 3 atom stereocenters. The van der Waals surface area contributed by atoms with Gasteiger partial charge in [0.05, 0.1) is 0 Å². The quantitative estimate of drug-likeness (QED) is 0.638. The van der Waals surface area contributed by atoms with Crippen molar-refractivity contribution in [2.24, 2.45) is 11.8 Å². The highest BCUT2D eigenvalue weighted by Crippen LogP contribution is 2.52. The van der Waals surface area contributed by atoms with E-state index < -0.39 is 0 Å². The van der Waals surface area contributed by atoms with Gasteiger partial charge in [-0.2, -0.15) is 0 Å². The number of aryl methyl sites for hydroxylation is 1. The van der Waals surface area contributed by atoms with Gasteiger partial charge < -0.3 is 4.42 Å². The average Bonchev–Trinajstić information content (AvgIpc) is 2.77. The van der Waals surface area contributed by atoms with Crippen LogP contribution < -0.4 is 0 Å². The van der Waals surface area contributed by atoms with Crippen LogP contribution in [0.1, 0.15) is 43.1 Å². The molecule has 0 amide bonds. The summed E-state index contributed by atoms with van der Waals surface area (Å²) in [6, 6.07) is 4.28. The summed E-state index contributed by atoms with van der Waals surface area (Å²) < 4.78 is 5.72. The molecule has 0 aliphatic heterocycles. The van der Waals surface area contributed by atoms with Crippen LogP contribution >= 0.6 is 0 Å². The average molecular weight is 176 g/mol. The second-order valence-corrected chi connectivity index (χ2v) is 4.73. The summed E-state index contributed by atoms with van der Waals surface area (Å²) in [4.78, 5) is 0. The first-order valence-electron chi connectivity index (χ1n) is 5.39. The smallest absolute Gasteiger partial charge is 0.107 e. The van der Waals surface area contributed by atoms with Crippen molar-refractivity contribution >= 4 is 0 Å². The minimum absolute atomic E-state index is 0.757. The van der Waals surface area contributed by atoms with Gasteiger partial charge in [0.2, 0.25) is 0 Å². The number of hydrogen-bond donors (Lipinski definition) is 0. The molecule has 0 radical (unpaired) electrons. The van der Waals surface area contributed by atoms with E-state index in [1.54, 1.807) is 0 Å². The zero-order chi connectivity index (χ0) is 8.84. The number of fused-ring (bicyclic) bond motifs is 2. The summed E-state index contributed by atoms with van der Waals surface area (Å²) in [6.45, 7) is 2.04. The first-order valence-corrected chi connectivity index (χ1v) is 5.39. The molecule has 2 fully saturated rings. The molecule has 3 unspecified atom stereocenters. The first kappa shape index (κ1) is 7.66. The van der Waals surface area contributed by atoms with E-state index in [0.717, 1.165) is 23.5 Å². The Bertz CT molecular complexity index is 313. The molecule has 0 aromatic carbocycles. The Morgan fingerprint density at radius 1 is 1.23 bits per heavy atom. The van der Waals surface area contributed by atoms with Crippen LogP contribution in [0.4, 0.5) is 0 Å². The van der Waals surface area contributed by atoms with Crippen LogP contribution in [0.2, 0.25) is 0 Å². The summed E-state index contributed by atoms with van der Waals surface area (Å²) in [7, 11) is 0. The third kappa shape index (κ3) is 1.13. The minimum Gasteiger partial charge on any atom is -0.466 e. The predicted octanol–water partition coefficient (Wildman–Crippen LogP) is 3.49. The Hall–Kier alpha value is -0.720. The summed E-state index contributed by atoms with van der Waals surface area (Å²) in [6.07, 6.45) is 5.76. The molecule has 0 spiro atoms. The maximum Gasteiger partial charge on any atom is 0.107 e. The SMILES string of the molecule is Cc1ccc(C2CC3CCC2C3)o1. The van der Waals surface area contributed by atoms with Crippen LogP contribution in [0.15, 0.2) is 16.5 Å². The molecule has 0 N–H and O–H groups in total. The maximum absolute atomic E-state index is 5.72. The summed E-state index contributed by atoms with van der Waals surface area (Å²) in [5, 5.41) is 0. The van der Waals surface area contributed by atoms with Crippen molar-refractivity contribution in [1.29, 1.82) is 0 Å². The monoisotopic (exact) mass is 176 g/mol. The molecule has 1 aromatic heterocycles. The summed E-state index contributed by atoms with van der Waals surface area (Å²) >= 11 is 0. The first-order chi connectivity index (χ1) is 6.33. The Morgan fingerprint density at radius 3 is 2.69 bits per heavy atom. The number of furan rings is 1. The highest BCUT2D eigenvalue weighted by molar-refractivity contribution is 5.15. The fourth-order valence-corrected chi connectivity index (χ4v) is 3.25. The third-order valence-corrected chi connectivity index (χ3v) is 3.86. The fourth-order valence-electron chi connectivity index (χ4n) is 3.25. The van der Waals surface area contributed by atoms with Gasteiger partial charge in [-0.05, 0) is 50.2 Å². The lowest BCUT2D eigenvalue weighted by Crippen LogP contribution is -2.07. The molecule has 1 nitrogen and oxygen atoms in total. The van der Waals surface area contributed by atoms with E-state index in [2.05, 4.69) is 12.1 Å². The van der Waals surface area contributed by atoms with Gasteiger partial charge in [-0.15, -0.1) is 0 Å². The normalized spacial score (nSPS) is 37.2. The molecule has 0 saturated heterocycles. The van der Waals surface area contributed by atoms with Gasteiger partial charge in [0.15, 0.2) is 0 Å². The van der Waals surface area contributed by atoms with E-state index in [0.29, 0.717) is 0 Å². The van der Waals surface area contributed by atoms with Crippen molar-refractivity contribution in [2.45, 2.75) is 38.5 Å². The van der Waals surface area contributed by atoms with Crippen LogP contribution in [0.3, 0.4) is 0 Å². The number of rotatable bonds is 1. The van der Waals surface area contributed by atoms with Crippen LogP contribution in [0.25, 0.3) is 0 Å². The molecule has 70 valence electrons. The fraction of sp³-hybridized carbons (Fsp3) is 0.667. The molecular formula is C12H16O. The van der Waals surface area contributed by atoms with E-state index in [1.165, 1.54) is 31.4 Å². The third-order valence-electron chi connectivity index (χ3n) is 3.86. The number of hydrogen-bond acceptors (Lipinski definition) is 1. The molecule has 13 heavy (non-hydrogen) atoms. The van der Waals surface area contributed by atoms with Crippen LogP contribution in [-0.2, 0) is 0 Å². The maximum atomic E-state index is 5.72. The van der Waals surface area contributed by atoms with Gasteiger partial charge in [-0.25, -0.2) is 0 Å². The predicted molar refractivity (Wildman–Crippen MR) is 51.6 cm³/mol. The molecule has 2 saturated carbocycles. The largest absolute Gasteiger partial charge is 0.466 e. The van der Waals surface area contributed by atoms with Crippen molar-refractivity contribution in [3.8, 4) is 0 Å².